The van der Waals surface area contributed by atoms with Gasteiger partial charge in [-0.15, -0.1) is 0 Å². The van der Waals surface area contributed by atoms with Crippen molar-refractivity contribution in [2.45, 2.75) is 20.3 Å². The first kappa shape index (κ1) is 13.9. The van der Waals surface area contributed by atoms with E-state index >= 15 is 0 Å². The van der Waals surface area contributed by atoms with E-state index < -0.39 is 0 Å². The van der Waals surface area contributed by atoms with Gasteiger partial charge in [-0.3, -0.25) is 0 Å². The molecule has 5 heteroatoms. The maximum absolute atomic E-state index is 9.87. The first-order chi connectivity index (χ1) is 9.65. The standard InChI is InChI=1S/C15H18N4O/c1-3-7-12(13(20)4-2)18-15-17-11-9-6-5-8-10(11)14(16)19-15/h3,5-9,20H,4H2,1-2H3,(H3,16,17,18,19)/b7-3-,13-12-. The first-order valence-electron chi connectivity index (χ1n) is 6.49. The molecule has 104 valence electrons. The van der Waals surface area contributed by atoms with Crippen molar-refractivity contribution in [3.63, 3.8) is 0 Å². The molecule has 0 aliphatic carbocycles. The van der Waals surface area contributed by atoms with Crippen molar-refractivity contribution in [2.75, 3.05) is 11.1 Å². The van der Waals surface area contributed by atoms with Crippen LogP contribution in [-0.4, -0.2) is 15.1 Å². The smallest absolute Gasteiger partial charge is 0.229 e. The number of aromatic nitrogens is 2. The summed E-state index contributed by atoms with van der Waals surface area (Å²) in [5, 5.41) is 13.7. The molecule has 2 aromatic rings. The van der Waals surface area contributed by atoms with Gasteiger partial charge in [0.25, 0.3) is 0 Å². The van der Waals surface area contributed by atoms with E-state index in [-0.39, 0.29) is 5.76 Å². The van der Waals surface area contributed by atoms with Crippen LogP contribution in [0.15, 0.2) is 47.9 Å². The lowest BCUT2D eigenvalue weighted by Crippen LogP contribution is -2.07. The number of nitrogens with two attached hydrogens (primary N) is 1. The molecule has 0 saturated heterocycles. The van der Waals surface area contributed by atoms with Crippen molar-refractivity contribution in [1.29, 1.82) is 0 Å². The molecular formula is C15H18N4O. The molecule has 1 aromatic heterocycles. The Morgan fingerprint density at radius 2 is 2.10 bits per heavy atom. The summed E-state index contributed by atoms with van der Waals surface area (Å²) in [4.78, 5) is 8.61. The third-order valence-electron chi connectivity index (χ3n) is 2.86. The van der Waals surface area contributed by atoms with E-state index in [0.29, 0.717) is 23.9 Å². The van der Waals surface area contributed by atoms with Crippen LogP contribution in [0.2, 0.25) is 0 Å². The molecule has 0 atom stereocenters. The van der Waals surface area contributed by atoms with E-state index in [0.717, 1.165) is 10.9 Å². The number of fused-ring (bicyclic) bond motifs is 1. The number of nitrogens with one attached hydrogen (secondary N) is 1. The molecule has 4 N–H and O–H groups in total. The molecule has 0 saturated carbocycles. The number of anilines is 2. The summed E-state index contributed by atoms with van der Waals surface area (Å²) in [6.07, 6.45) is 4.13. The first-order valence-corrected chi connectivity index (χ1v) is 6.49. The van der Waals surface area contributed by atoms with Crippen LogP contribution in [0.1, 0.15) is 20.3 Å². The van der Waals surface area contributed by atoms with Gasteiger partial charge in [0.05, 0.1) is 11.2 Å². The van der Waals surface area contributed by atoms with Gasteiger partial charge in [0, 0.05) is 11.8 Å². The fourth-order valence-electron chi connectivity index (χ4n) is 1.84. The minimum atomic E-state index is 0.249. The molecule has 0 fully saturated rings. The van der Waals surface area contributed by atoms with Crippen molar-refractivity contribution in [3.8, 4) is 0 Å². The minimum Gasteiger partial charge on any atom is -0.510 e. The Morgan fingerprint density at radius 1 is 1.35 bits per heavy atom. The molecule has 5 nitrogen and oxygen atoms in total. The van der Waals surface area contributed by atoms with Crippen LogP contribution < -0.4 is 11.1 Å². The van der Waals surface area contributed by atoms with Crippen molar-refractivity contribution in [1.82, 2.24) is 9.97 Å². The predicted octanol–water partition coefficient (Wildman–Crippen LogP) is 3.38. The Bertz CT molecular complexity index is 677. The van der Waals surface area contributed by atoms with Crippen LogP contribution >= 0.6 is 0 Å². The zero-order valence-electron chi connectivity index (χ0n) is 11.6. The monoisotopic (exact) mass is 270 g/mol. The van der Waals surface area contributed by atoms with Gasteiger partial charge >= 0.3 is 0 Å². The fourth-order valence-corrected chi connectivity index (χ4v) is 1.84. The maximum Gasteiger partial charge on any atom is 0.229 e. The van der Waals surface area contributed by atoms with Crippen molar-refractivity contribution in [2.24, 2.45) is 0 Å². The number of para-hydroxylation sites is 1. The highest BCUT2D eigenvalue weighted by Crippen LogP contribution is 2.20. The largest absolute Gasteiger partial charge is 0.510 e. The van der Waals surface area contributed by atoms with E-state index in [2.05, 4.69) is 15.3 Å². The lowest BCUT2D eigenvalue weighted by atomic mass is 10.2. The van der Waals surface area contributed by atoms with Gasteiger partial charge in [-0.2, -0.15) is 4.98 Å². The topological polar surface area (TPSA) is 84.1 Å². The van der Waals surface area contributed by atoms with E-state index in [1.807, 2.05) is 44.2 Å². The summed E-state index contributed by atoms with van der Waals surface area (Å²) < 4.78 is 0. The Hall–Kier alpha value is -2.56. The second-order valence-electron chi connectivity index (χ2n) is 4.29. The summed E-state index contributed by atoms with van der Waals surface area (Å²) in [5.74, 6) is 1.03. The molecule has 1 aromatic carbocycles. The number of aliphatic hydroxyl groups excluding tert-OH is 1. The molecule has 2 rings (SSSR count). The zero-order valence-corrected chi connectivity index (χ0v) is 11.6. The zero-order chi connectivity index (χ0) is 14.5. The van der Waals surface area contributed by atoms with Crippen molar-refractivity contribution >= 4 is 22.7 Å². The third-order valence-corrected chi connectivity index (χ3v) is 2.86. The minimum absolute atomic E-state index is 0.249. The second kappa shape index (κ2) is 6.06. The molecular weight excluding hydrogens is 252 g/mol. The van der Waals surface area contributed by atoms with Gasteiger partial charge in [0.1, 0.15) is 11.6 Å². The number of aliphatic hydroxyl groups is 1. The van der Waals surface area contributed by atoms with Gasteiger partial charge in [-0.25, -0.2) is 4.98 Å². The van der Waals surface area contributed by atoms with Crippen LogP contribution in [0.4, 0.5) is 11.8 Å². The Labute approximate surface area is 117 Å². The summed E-state index contributed by atoms with van der Waals surface area (Å²) >= 11 is 0. The highest BCUT2D eigenvalue weighted by molar-refractivity contribution is 5.88. The molecule has 0 aliphatic rings. The number of rotatable bonds is 4. The van der Waals surface area contributed by atoms with Crippen molar-refractivity contribution in [3.05, 3.63) is 47.9 Å². The molecule has 0 amide bonds. The predicted molar refractivity (Wildman–Crippen MR) is 82.3 cm³/mol. The number of benzene rings is 1. The van der Waals surface area contributed by atoms with Crippen molar-refractivity contribution < 1.29 is 5.11 Å². The van der Waals surface area contributed by atoms with Crippen LogP contribution in [0.5, 0.6) is 0 Å². The molecule has 20 heavy (non-hydrogen) atoms. The summed E-state index contributed by atoms with van der Waals surface area (Å²) in [6, 6.07) is 7.53. The Balaban J connectivity index is 2.43. The highest BCUT2D eigenvalue weighted by atomic mass is 16.3. The Morgan fingerprint density at radius 3 is 2.80 bits per heavy atom. The quantitative estimate of drug-likeness (QED) is 0.586. The molecule has 0 radical (unpaired) electrons. The Kier molecular flexibility index (Phi) is 4.20. The maximum atomic E-state index is 9.87. The van der Waals surface area contributed by atoms with Gasteiger partial charge in [-0.1, -0.05) is 25.1 Å². The van der Waals surface area contributed by atoms with Crippen LogP contribution in [0.3, 0.4) is 0 Å². The average Bonchev–Trinajstić information content (AvgIpc) is 2.46. The molecule has 0 unspecified atom stereocenters. The van der Waals surface area contributed by atoms with E-state index in [9.17, 15) is 5.11 Å². The van der Waals surface area contributed by atoms with Gasteiger partial charge in [-0.05, 0) is 25.1 Å². The van der Waals surface area contributed by atoms with Gasteiger partial charge in [0.2, 0.25) is 5.95 Å². The summed E-state index contributed by atoms with van der Waals surface area (Å²) in [7, 11) is 0. The van der Waals surface area contributed by atoms with Gasteiger partial charge in [0.15, 0.2) is 0 Å². The molecule has 0 bridgehead atoms. The van der Waals surface area contributed by atoms with Crippen LogP contribution in [-0.2, 0) is 0 Å². The summed E-state index contributed by atoms with van der Waals surface area (Å²) in [6.45, 7) is 3.75. The lowest BCUT2D eigenvalue weighted by Gasteiger charge is -2.10. The van der Waals surface area contributed by atoms with E-state index in [1.165, 1.54) is 0 Å². The van der Waals surface area contributed by atoms with E-state index in [4.69, 9.17) is 5.73 Å². The number of nitrogen functional groups attached to an aromatic ring is 1. The average molecular weight is 270 g/mol. The molecule has 0 spiro atoms. The summed E-state index contributed by atoms with van der Waals surface area (Å²) in [5.41, 5.74) is 7.26. The second-order valence-corrected chi connectivity index (χ2v) is 4.29. The third kappa shape index (κ3) is 2.88. The molecule has 0 aliphatic heterocycles. The number of hydrogen-bond donors (Lipinski definition) is 3. The van der Waals surface area contributed by atoms with Crippen LogP contribution in [0, 0.1) is 0 Å². The number of allylic oxidation sites excluding steroid dienone is 3. The SMILES string of the molecule is C/C=C\C(Nc1nc(N)c2ccccc2n1)=C(\O)CC. The fraction of sp³-hybridized carbons (Fsp3) is 0.200. The van der Waals surface area contributed by atoms with Crippen LogP contribution in [0.25, 0.3) is 10.9 Å². The van der Waals surface area contributed by atoms with Gasteiger partial charge < -0.3 is 16.2 Å². The number of hydrogen-bond acceptors (Lipinski definition) is 5. The highest BCUT2D eigenvalue weighted by Gasteiger charge is 2.07. The lowest BCUT2D eigenvalue weighted by molar-refractivity contribution is 0.390. The number of nitrogens with zero attached hydrogens (tertiary/aromatic N) is 2. The molecule has 1 heterocycles. The normalized spacial score (nSPS) is 12.7. The van der Waals surface area contributed by atoms with E-state index in [1.54, 1.807) is 6.08 Å².